The molecule has 0 bridgehead atoms. The predicted molar refractivity (Wildman–Crippen MR) is 51.1 cm³/mol. The molecule has 1 N–H and O–H groups in total. The second-order valence-electron chi connectivity index (χ2n) is 4.34. The standard InChI is InChI=1S/C10H17NO3/c12-10(13)9-4-11(5-9)3-1-2-8-6-14-7-8/h8-9H,1-7H2,(H,12,13). The first-order chi connectivity index (χ1) is 6.75. The van der Waals surface area contributed by atoms with Crippen molar-refractivity contribution in [3.05, 3.63) is 0 Å². The number of ether oxygens (including phenoxy) is 1. The Morgan fingerprint density at radius 1 is 1.43 bits per heavy atom. The molecule has 2 heterocycles. The molecule has 0 aromatic rings. The minimum Gasteiger partial charge on any atom is -0.481 e. The van der Waals surface area contributed by atoms with Crippen LogP contribution < -0.4 is 0 Å². The minimum absolute atomic E-state index is 0.109. The van der Waals surface area contributed by atoms with E-state index in [1.165, 1.54) is 12.8 Å². The molecule has 0 amide bonds. The molecule has 0 atom stereocenters. The van der Waals surface area contributed by atoms with Gasteiger partial charge in [0.2, 0.25) is 0 Å². The normalized spacial score (nSPS) is 24.3. The van der Waals surface area contributed by atoms with Crippen LogP contribution in [0.25, 0.3) is 0 Å². The van der Waals surface area contributed by atoms with E-state index in [2.05, 4.69) is 4.90 Å². The number of carboxylic acid groups (broad SMARTS) is 1. The van der Waals surface area contributed by atoms with Gasteiger partial charge in [-0.25, -0.2) is 0 Å². The highest BCUT2D eigenvalue weighted by atomic mass is 16.5. The molecule has 2 rings (SSSR count). The van der Waals surface area contributed by atoms with Crippen molar-refractivity contribution >= 4 is 5.97 Å². The van der Waals surface area contributed by atoms with Crippen LogP contribution in [0.5, 0.6) is 0 Å². The Bertz CT molecular complexity index is 209. The smallest absolute Gasteiger partial charge is 0.309 e. The van der Waals surface area contributed by atoms with Crippen molar-refractivity contribution in [2.24, 2.45) is 11.8 Å². The maximum Gasteiger partial charge on any atom is 0.309 e. The van der Waals surface area contributed by atoms with Crippen LogP contribution in [0, 0.1) is 11.8 Å². The third-order valence-electron chi connectivity index (χ3n) is 3.10. The van der Waals surface area contributed by atoms with Crippen molar-refractivity contribution in [1.82, 2.24) is 4.90 Å². The van der Waals surface area contributed by atoms with E-state index >= 15 is 0 Å². The molecule has 14 heavy (non-hydrogen) atoms. The summed E-state index contributed by atoms with van der Waals surface area (Å²) in [6, 6.07) is 0. The van der Waals surface area contributed by atoms with Gasteiger partial charge in [-0.2, -0.15) is 0 Å². The molecule has 80 valence electrons. The molecule has 0 radical (unpaired) electrons. The summed E-state index contributed by atoms with van der Waals surface area (Å²) in [5.74, 6) is 0.0160. The van der Waals surface area contributed by atoms with Crippen LogP contribution >= 0.6 is 0 Å². The Balaban J connectivity index is 1.49. The highest BCUT2D eigenvalue weighted by Crippen LogP contribution is 2.19. The van der Waals surface area contributed by atoms with Gasteiger partial charge in [0.1, 0.15) is 0 Å². The molecule has 0 spiro atoms. The first kappa shape index (κ1) is 9.93. The molecule has 2 aliphatic heterocycles. The molecule has 2 aliphatic rings. The molecule has 2 fully saturated rings. The zero-order valence-electron chi connectivity index (χ0n) is 8.32. The molecule has 2 saturated heterocycles. The van der Waals surface area contributed by atoms with E-state index in [0.717, 1.165) is 38.8 Å². The molecule has 4 nitrogen and oxygen atoms in total. The van der Waals surface area contributed by atoms with Crippen LogP contribution in [0.2, 0.25) is 0 Å². The summed E-state index contributed by atoms with van der Waals surface area (Å²) in [5, 5.41) is 8.67. The lowest BCUT2D eigenvalue weighted by molar-refractivity contribution is -0.147. The maximum atomic E-state index is 10.5. The topological polar surface area (TPSA) is 49.8 Å². The zero-order valence-corrected chi connectivity index (χ0v) is 8.32. The van der Waals surface area contributed by atoms with E-state index < -0.39 is 5.97 Å². The number of carbonyl (C=O) groups is 1. The Morgan fingerprint density at radius 3 is 2.64 bits per heavy atom. The number of likely N-dealkylation sites (tertiary alicyclic amines) is 1. The lowest BCUT2D eigenvalue weighted by atomic mass is 9.98. The number of hydrogen-bond donors (Lipinski definition) is 1. The van der Waals surface area contributed by atoms with Crippen molar-refractivity contribution in [3.8, 4) is 0 Å². The Hall–Kier alpha value is -0.610. The number of nitrogens with zero attached hydrogens (tertiary/aromatic N) is 1. The van der Waals surface area contributed by atoms with Crippen LogP contribution in [0.4, 0.5) is 0 Å². The average molecular weight is 199 g/mol. The first-order valence-corrected chi connectivity index (χ1v) is 5.28. The van der Waals surface area contributed by atoms with Crippen LogP contribution in [-0.4, -0.2) is 48.8 Å². The summed E-state index contributed by atoms with van der Waals surface area (Å²) in [6.45, 7) is 4.41. The van der Waals surface area contributed by atoms with Crippen molar-refractivity contribution in [2.75, 3.05) is 32.8 Å². The summed E-state index contributed by atoms with van der Waals surface area (Å²) >= 11 is 0. The molecule has 0 aliphatic carbocycles. The van der Waals surface area contributed by atoms with Crippen molar-refractivity contribution in [3.63, 3.8) is 0 Å². The van der Waals surface area contributed by atoms with Gasteiger partial charge in [0, 0.05) is 19.0 Å². The van der Waals surface area contributed by atoms with Gasteiger partial charge >= 0.3 is 5.97 Å². The van der Waals surface area contributed by atoms with Crippen LogP contribution in [-0.2, 0) is 9.53 Å². The van der Waals surface area contributed by atoms with Gasteiger partial charge in [0.25, 0.3) is 0 Å². The maximum absolute atomic E-state index is 10.5. The fourth-order valence-electron chi connectivity index (χ4n) is 1.96. The molecule has 0 unspecified atom stereocenters. The van der Waals surface area contributed by atoms with Gasteiger partial charge < -0.3 is 14.7 Å². The summed E-state index contributed by atoms with van der Waals surface area (Å²) in [7, 11) is 0. The second kappa shape index (κ2) is 4.28. The van der Waals surface area contributed by atoms with Gasteiger partial charge in [0.15, 0.2) is 0 Å². The Kier molecular flexibility index (Phi) is 3.03. The van der Waals surface area contributed by atoms with Gasteiger partial charge in [-0.05, 0) is 19.4 Å². The van der Waals surface area contributed by atoms with E-state index in [1.807, 2.05) is 0 Å². The van der Waals surface area contributed by atoms with Crippen LogP contribution in [0.15, 0.2) is 0 Å². The average Bonchev–Trinajstić information content (AvgIpc) is 1.96. The van der Waals surface area contributed by atoms with E-state index in [0.29, 0.717) is 0 Å². The third kappa shape index (κ3) is 2.25. The highest BCUT2D eigenvalue weighted by Gasteiger charge is 2.31. The second-order valence-corrected chi connectivity index (χ2v) is 4.34. The number of aliphatic carboxylic acids is 1. The molecule has 0 saturated carbocycles. The fourth-order valence-corrected chi connectivity index (χ4v) is 1.96. The van der Waals surface area contributed by atoms with E-state index in [1.54, 1.807) is 0 Å². The minimum atomic E-state index is -0.645. The van der Waals surface area contributed by atoms with E-state index in [-0.39, 0.29) is 5.92 Å². The Morgan fingerprint density at radius 2 is 2.14 bits per heavy atom. The SMILES string of the molecule is O=C(O)C1CN(CCCC2COC2)C1. The van der Waals surface area contributed by atoms with E-state index in [9.17, 15) is 4.79 Å². The first-order valence-electron chi connectivity index (χ1n) is 5.28. The van der Waals surface area contributed by atoms with Crippen LogP contribution in [0.1, 0.15) is 12.8 Å². The molecule has 0 aromatic carbocycles. The fraction of sp³-hybridized carbons (Fsp3) is 0.900. The van der Waals surface area contributed by atoms with Crippen molar-refractivity contribution in [1.29, 1.82) is 0 Å². The summed E-state index contributed by atoms with van der Waals surface area (Å²) in [5.41, 5.74) is 0. The molecule has 0 aromatic heterocycles. The lowest BCUT2D eigenvalue weighted by Crippen LogP contribution is -2.50. The van der Waals surface area contributed by atoms with Gasteiger partial charge in [-0.3, -0.25) is 4.79 Å². The molecular weight excluding hydrogens is 182 g/mol. The number of hydrogen-bond acceptors (Lipinski definition) is 3. The van der Waals surface area contributed by atoms with Gasteiger partial charge in [-0.15, -0.1) is 0 Å². The monoisotopic (exact) mass is 199 g/mol. The number of rotatable bonds is 5. The van der Waals surface area contributed by atoms with Gasteiger partial charge in [-0.1, -0.05) is 0 Å². The zero-order chi connectivity index (χ0) is 9.97. The van der Waals surface area contributed by atoms with Crippen molar-refractivity contribution in [2.45, 2.75) is 12.8 Å². The van der Waals surface area contributed by atoms with E-state index in [4.69, 9.17) is 9.84 Å². The quantitative estimate of drug-likeness (QED) is 0.697. The summed E-state index contributed by atoms with van der Waals surface area (Å²) in [4.78, 5) is 12.7. The largest absolute Gasteiger partial charge is 0.481 e. The van der Waals surface area contributed by atoms with Crippen molar-refractivity contribution < 1.29 is 14.6 Å². The Labute approximate surface area is 83.8 Å². The lowest BCUT2D eigenvalue weighted by Gasteiger charge is -2.37. The molecule has 4 heteroatoms. The van der Waals surface area contributed by atoms with Gasteiger partial charge in [0.05, 0.1) is 19.1 Å². The predicted octanol–water partition coefficient (Wildman–Crippen LogP) is 0.429. The number of carboxylic acids is 1. The van der Waals surface area contributed by atoms with Crippen LogP contribution in [0.3, 0.4) is 0 Å². The third-order valence-corrected chi connectivity index (χ3v) is 3.10. The summed E-state index contributed by atoms with van der Waals surface area (Å²) < 4.78 is 5.09. The summed E-state index contributed by atoms with van der Waals surface area (Å²) in [6.07, 6.45) is 2.41. The highest BCUT2D eigenvalue weighted by molar-refractivity contribution is 5.71. The molecular formula is C10H17NO3.